The van der Waals surface area contributed by atoms with Crippen LogP contribution < -0.4 is 10.6 Å². The van der Waals surface area contributed by atoms with Crippen molar-refractivity contribution in [1.29, 1.82) is 0 Å². The van der Waals surface area contributed by atoms with E-state index >= 15 is 0 Å². The minimum absolute atomic E-state index is 0. The monoisotopic (exact) mass is 368 g/mol. The highest BCUT2D eigenvalue weighted by atomic mass is 35.5. The van der Waals surface area contributed by atoms with Crippen LogP contribution in [0.25, 0.3) is 11.3 Å². The Morgan fingerprint density at radius 3 is 2.96 bits per heavy atom. The van der Waals surface area contributed by atoms with E-state index < -0.39 is 0 Å². The van der Waals surface area contributed by atoms with Gasteiger partial charge in [-0.3, -0.25) is 9.48 Å². The van der Waals surface area contributed by atoms with Crippen LogP contribution >= 0.6 is 24.0 Å². The van der Waals surface area contributed by atoms with Crippen LogP contribution in [-0.2, 0) is 7.05 Å². The largest absolute Gasteiger partial charge is 0.352 e. The fourth-order valence-corrected chi connectivity index (χ4v) is 3.16. The van der Waals surface area contributed by atoms with E-state index in [1.54, 1.807) is 16.9 Å². The number of aromatic nitrogens is 2. The predicted molar refractivity (Wildman–Crippen MR) is 98.8 cm³/mol. The summed E-state index contributed by atoms with van der Waals surface area (Å²) >= 11 is 6.25. The summed E-state index contributed by atoms with van der Waals surface area (Å²) in [6.07, 6.45) is 4.06. The molecule has 130 valence electrons. The van der Waals surface area contributed by atoms with Crippen molar-refractivity contribution in [3.8, 4) is 11.3 Å². The molecular formula is C17H22Cl2N4O. The SMILES string of the molecule is Cl.Cn1cc(C(=O)NCC2CCCNC2)c(-c2ccccc2Cl)n1. The highest BCUT2D eigenvalue weighted by molar-refractivity contribution is 6.33. The molecule has 2 N–H and O–H groups in total. The van der Waals surface area contributed by atoms with Gasteiger partial charge in [-0.15, -0.1) is 12.4 Å². The molecular weight excluding hydrogens is 347 g/mol. The van der Waals surface area contributed by atoms with Gasteiger partial charge in [-0.25, -0.2) is 0 Å². The molecule has 1 aromatic heterocycles. The summed E-state index contributed by atoms with van der Waals surface area (Å²) in [5, 5.41) is 11.4. The normalized spacial score (nSPS) is 17.2. The van der Waals surface area contributed by atoms with E-state index in [9.17, 15) is 4.79 Å². The number of carbonyl (C=O) groups is 1. The van der Waals surface area contributed by atoms with Gasteiger partial charge < -0.3 is 10.6 Å². The van der Waals surface area contributed by atoms with Gasteiger partial charge in [0.25, 0.3) is 5.91 Å². The first kappa shape index (κ1) is 18.8. The Morgan fingerprint density at radius 2 is 2.25 bits per heavy atom. The molecule has 0 saturated carbocycles. The molecule has 3 rings (SSSR count). The van der Waals surface area contributed by atoms with Crippen molar-refractivity contribution in [2.45, 2.75) is 12.8 Å². The Labute approximate surface area is 153 Å². The number of carbonyl (C=O) groups excluding carboxylic acids is 1. The van der Waals surface area contributed by atoms with Gasteiger partial charge in [0.1, 0.15) is 5.69 Å². The maximum Gasteiger partial charge on any atom is 0.255 e. The van der Waals surface area contributed by atoms with Crippen molar-refractivity contribution in [3.05, 3.63) is 41.0 Å². The highest BCUT2D eigenvalue weighted by Crippen LogP contribution is 2.28. The van der Waals surface area contributed by atoms with Crippen molar-refractivity contribution in [1.82, 2.24) is 20.4 Å². The molecule has 24 heavy (non-hydrogen) atoms. The molecule has 1 fully saturated rings. The molecule has 0 aliphatic carbocycles. The fourth-order valence-electron chi connectivity index (χ4n) is 2.94. The summed E-state index contributed by atoms with van der Waals surface area (Å²) in [6, 6.07) is 7.45. The molecule has 1 unspecified atom stereocenters. The molecule has 7 heteroatoms. The third kappa shape index (κ3) is 4.29. The van der Waals surface area contributed by atoms with Gasteiger partial charge in [0.15, 0.2) is 0 Å². The molecule has 2 heterocycles. The molecule has 2 aromatic rings. The number of nitrogens with one attached hydrogen (secondary N) is 2. The van der Waals surface area contributed by atoms with E-state index in [4.69, 9.17) is 11.6 Å². The van der Waals surface area contributed by atoms with Crippen molar-refractivity contribution >= 4 is 29.9 Å². The van der Waals surface area contributed by atoms with Crippen LogP contribution in [-0.4, -0.2) is 35.3 Å². The first-order chi connectivity index (χ1) is 11.1. The van der Waals surface area contributed by atoms with Crippen LogP contribution in [0.4, 0.5) is 0 Å². The van der Waals surface area contributed by atoms with Crippen LogP contribution in [0.3, 0.4) is 0 Å². The number of nitrogens with zero attached hydrogens (tertiary/aromatic N) is 2. The average Bonchev–Trinajstić information content (AvgIpc) is 2.96. The van der Waals surface area contributed by atoms with Crippen molar-refractivity contribution in [2.24, 2.45) is 13.0 Å². The third-order valence-electron chi connectivity index (χ3n) is 4.15. The summed E-state index contributed by atoms with van der Waals surface area (Å²) in [6.45, 7) is 2.72. The van der Waals surface area contributed by atoms with E-state index in [2.05, 4.69) is 15.7 Å². The Hall–Kier alpha value is -1.56. The second kappa shape index (κ2) is 8.51. The van der Waals surface area contributed by atoms with Crippen LogP contribution in [0, 0.1) is 5.92 Å². The van der Waals surface area contributed by atoms with E-state index in [0.717, 1.165) is 31.5 Å². The van der Waals surface area contributed by atoms with Crippen molar-refractivity contribution in [2.75, 3.05) is 19.6 Å². The Bertz CT molecular complexity index is 696. The van der Waals surface area contributed by atoms with Crippen LogP contribution in [0.2, 0.25) is 5.02 Å². The summed E-state index contributed by atoms with van der Waals surface area (Å²) in [5.41, 5.74) is 1.96. The summed E-state index contributed by atoms with van der Waals surface area (Å²) in [5.74, 6) is 0.395. The Balaban J connectivity index is 0.00000208. The molecule has 1 saturated heterocycles. The standard InChI is InChI=1S/C17H21ClN4O.ClH/c1-22-11-14(16(21-22)13-6-2-3-7-15(13)18)17(23)20-10-12-5-4-8-19-9-12;/h2-3,6-7,11-12,19H,4-5,8-10H2,1H3,(H,20,23);1H. The van der Waals surface area contributed by atoms with Gasteiger partial charge in [-0.1, -0.05) is 29.8 Å². The first-order valence-electron chi connectivity index (χ1n) is 7.92. The van der Waals surface area contributed by atoms with Crippen molar-refractivity contribution < 1.29 is 4.79 Å². The number of piperidine rings is 1. The number of benzene rings is 1. The number of halogens is 2. The van der Waals surface area contributed by atoms with E-state index in [-0.39, 0.29) is 18.3 Å². The maximum atomic E-state index is 12.6. The molecule has 0 radical (unpaired) electrons. The zero-order valence-electron chi connectivity index (χ0n) is 13.6. The lowest BCUT2D eigenvalue weighted by molar-refractivity contribution is 0.0945. The van der Waals surface area contributed by atoms with Crippen LogP contribution in [0.1, 0.15) is 23.2 Å². The minimum atomic E-state index is -0.0985. The van der Waals surface area contributed by atoms with E-state index in [1.807, 2.05) is 25.2 Å². The number of hydrogen-bond donors (Lipinski definition) is 2. The smallest absolute Gasteiger partial charge is 0.255 e. The van der Waals surface area contributed by atoms with Gasteiger partial charge in [-0.2, -0.15) is 5.10 Å². The number of aryl methyl sites for hydroxylation is 1. The lowest BCUT2D eigenvalue weighted by Gasteiger charge is -2.22. The molecule has 0 spiro atoms. The molecule has 1 aliphatic rings. The Kier molecular flexibility index (Phi) is 6.66. The molecule has 5 nitrogen and oxygen atoms in total. The number of amides is 1. The zero-order chi connectivity index (χ0) is 16.2. The topological polar surface area (TPSA) is 59.0 Å². The van der Waals surface area contributed by atoms with Gasteiger partial charge in [0.05, 0.1) is 10.6 Å². The quantitative estimate of drug-likeness (QED) is 0.871. The second-order valence-corrected chi connectivity index (χ2v) is 6.37. The minimum Gasteiger partial charge on any atom is -0.352 e. The summed E-state index contributed by atoms with van der Waals surface area (Å²) < 4.78 is 1.65. The van der Waals surface area contributed by atoms with Gasteiger partial charge in [0, 0.05) is 25.4 Å². The molecule has 1 atom stereocenters. The van der Waals surface area contributed by atoms with Gasteiger partial charge >= 0.3 is 0 Å². The Morgan fingerprint density at radius 1 is 1.46 bits per heavy atom. The van der Waals surface area contributed by atoms with Gasteiger partial charge in [0.2, 0.25) is 0 Å². The number of rotatable bonds is 4. The highest BCUT2D eigenvalue weighted by Gasteiger charge is 2.20. The molecule has 1 amide bonds. The lowest BCUT2D eigenvalue weighted by atomic mass is 9.99. The van der Waals surface area contributed by atoms with Crippen molar-refractivity contribution in [3.63, 3.8) is 0 Å². The van der Waals surface area contributed by atoms with E-state index in [0.29, 0.717) is 28.7 Å². The van der Waals surface area contributed by atoms with E-state index in [1.165, 1.54) is 0 Å². The molecule has 1 aromatic carbocycles. The van der Waals surface area contributed by atoms with Gasteiger partial charge in [-0.05, 0) is 37.9 Å². The third-order valence-corrected chi connectivity index (χ3v) is 4.48. The molecule has 1 aliphatic heterocycles. The van der Waals surface area contributed by atoms with Crippen LogP contribution in [0.5, 0.6) is 0 Å². The zero-order valence-corrected chi connectivity index (χ0v) is 15.2. The first-order valence-corrected chi connectivity index (χ1v) is 8.30. The average molecular weight is 369 g/mol. The molecule has 0 bridgehead atoms. The predicted octanol–water partition coefficient (Wildman–Crippen LogP) is 2.89. The summed E-state index contributed by atoms with van der Waals surface area (Å²) in [4.78, 5) is 12.6. The summed E-state index contributed by atoms with van der Waals surface area (Å²) in [7, 11) is 1.81. The second-order valence-electron chi connectivity index (χ2n) is 5.97. The fraction of sp³-hybridized carbons (Fsp3) is 0.412. The maximum absolute atomic E-state index is 12.6. The van der Waals surface area contributed by atoms with Crippen LogP contribution in [0.15, 0.2) is 30.5 Å². The number of hydrogen-bond acceptors (Lipinski definition) is 3. The lowest BCUT2D eigenvalue weighted by Crippen LogP contribution is -2.38.